The van der Waals surface area contributed by atoms with Crippen LogP contribution in [0.4, 0.5) is 8.78 Å². The molecule has 0 heterocycles. The Morgan fingerprint density at radius 2 is 2.08 bits per heavy atom. The molecule has 24 heavy (non-hydrogen) atoms. The summed E-state index contributed by atoms with van der Waals surface area (Å²) in [5.41, 5.74) is 0.534. The Balaban J connectivity index is 0.00000529. The van der Waals surface area contributed by atoms with Crippen molar-refractivity contribution in [2.45, 2.75) is 20.1 Å². The van der Waals surface area contributed by atoms with E-state index in [1.165, 1.54) is 12.1 Å². The van der Waals surface area contributed by atoms with Crippen molar-refractivity contribution in [3.63, 3.8) is 0 Å². The van der Waals surface area contributed by atoms with E-state index in [-0.39, 0.29) is 36.3 Å². The Bertz CT molecular complexity index is 520. The first-order valence-corrected chi connectivity index (χ1v) is 7.70. The summed E-state index contributed by atoms with van der Waals surface area (Å²) in [6, 6.07) is 4.53. The molecule has 0 spiro atoms. The first-order valence-electron chi connectivity index (χ1n) is 7.32. The number of aliphatic imine (C=N–C) groups is 1. The van der Waals surface area contributed by atoms with Gasteiger partial charge in [0.1, 0.15) is 5.75 Å². The van der Waals surface area contributed by atoms with Gasteiger partial charge in [-0.05, 0) is 31.8 Å². The number of hydrogen-bond acceptors (Lipinski definition) is 3. The van der Waals surface area contributed by atoms with Crippen molar-refractivity contribution in [3.8, 4) is 5.75 Å². The second-order valence-corrected chi connectivity index (χ2v) is 5.32. The maximum atomic E-state index is 12.4. The van der Waals surface area contributed by atoms with Crippen molar-refractivity contribution in [2.24, 2.45) is 4.99 Å². The fraction of sp³-hybridized carbons (Fsp3) is 0.533. The Labute approximate surface area is 163 Å². The number of alkyl halides is 2. The predicted octanol–water partition coefficient (Wildman–Crippen LogP) is 3.18. The van der Waals surface area contributed by atoms with E-state index in [1.54, 1.807) is 13.1 Å². The second-order valence-electron chi connectivity index (χ2n) is 4.88. The summed E-state index contributed by atoms with van der Waals surface area (Å²) in [7, 11) is 3.67. The van der Waals surface area contributed by atoms with Crippen molar-refractivity contribution in [1.29, 1.82) is 0 Å². The second kappa shape index (κ2) is 12.5. The van der Waals surface area contributed by atoms with Gasteiger partial charge in [-0.25, -0.2) is 0 Å². The summed E-state index contributed by atoms with van der Waals surface area (Å²) in [6.45, 7) is 2.03. The summed E-state index contributed by atoms with van der Waals surface area (Å²) in [5.74, 6) is 0.676. The number of hydrogen-bond donors (Lipinski definition) is 2. The van der Waals surface area contributed by atoms with Crippen molar-refractivity contribution in [2.75, 3.05) is 33.7 Å². The maximum absolute atomic E-state index is 12.4. The molecule has 0 amide bonds. The highest BCUT2D eigenvalue weighted by molar-refractivity contribution is 14.0. The minimum atomic E-state index is -2.88. The maximum Gasteiger partial charge on any atom is 0.387 e. The van der Waals surface area contributed by atoms with Crippen molar-refractivity contribution in [1.82, 2.24) is 15.5 Å². The Morgan fingerprint density at radius 3 is 2.67 bits per heavy atom. The molecule has 1 aromatic rings. The van der Waals surface area contributed by atoms with E-state index in [0.717, 1.165) is 19.6 Å². The third-order valence-electron chi connectivity index (χ3n) is 3.23. The van der Waals surface area contributed by atoms with Crippen LogP contribution >= 0.6 is 35.6 Å². The van der Waals surface area contributed by atoms with Gasteiger partial charge in [-0.2, -0.15) is 8.78 Å². The average Bonchev–Trinajstić information content (AvgIpc) is 2.52. The number of ether oxygens (including phenoxy) is 1. The molecule has 0 aliphatic rings. The Morgan fingerprint density at radius 1 is 1.38 bits per heavy atom. The van der Waals surface area contributed by atoms with Gasteiger partial charge >= 0.3 is 6.61 Å². The van der Waals surface area contributed by atoms with Gasteiger partial charge < -0.3 is 20.3 Å². The molecule has 9 heteroatoms. The molecule has 138 valence electrons. The summed E-state index contributed by atoms with van der Waals surface area (Å²) in [4.78, 5) is 6.25. The number of benzene rings is 1. The van der Waals surface area contributed by atoms with Crippen LogP contribution in [-0.2, 0) is 6.54 Å². The quantitative estimate of drug-likeness (QED) is 0.344. The van der Waals surface area contributed by atoms with E-state index in [0.29, 0.717) is 16.5 Å². The van der Waals surface area contributed by atoms with E-state index in [4.69, 9.17) is 11.6 Å². The molecule has 0 aromatic heterocycles. The van der Waals surface area contributed by atoms with Gasteiger partial charge in [0.2, 0.25) is 0 Å². The molecular formula is C15H24ClF2IN4O. The fourth-order valence-corrected chi connectivity index (χ4v) is 2.01. The smallest absolute Gasteiger partial charge is 0.387 e. The largest absolute Gasteiger partial charge is 0.434 e. The molecule has 0 saturated carbocycles. The van der Waals surface area contributed by atoms with Gasteiger partial charge in [-0.15, -0.1) is 24.0 Å². The SMILES string of the molecule is CCN(C)CCNC(=NC)NCc1cc(Cl)ccc1OC(F)F.I. The first kappa shape index (κ1) is 23.1. The number of likely N-dealkylation sites (N-methyl/N-ethyl adjacent to an activating group) is 1. The third-order valence-corrected chi connectivity index (χ3v) is 3.47. The highest BCUT2D eigenvalue weighted by atomic mass is 127. The highest BCUT2D eigenvalue weighted by Gasteiger charge is 2.11. The molecule has 0 atom stereocenters. The fourth-order valence-electron chi connectivity index (χ4n) is 1.82. The van der Waals surface area contributed by atoms with Gasteiger partial charge in [0.05, 0.1) is 0 Å². The monoisotopic (exact) mass is 476 g/mol. The van der Waals surface area contributed by atoms with Crippen LogP contribution < -0.4 is 15.4 Å². The third kappa shape index (κ3) is 8.84. The van der Waals surface area contributed by atoms with Crippen LogP contribution in [0, 0.1) is 0 Å². The van der Waals surface area contributed by atoms with Crippen LogP contribution in [0.25, 0.3) is 0 Å². The highest BCUT2D eigenvalue weighted by Crippen LogP contribution is 2.24. The standard InChI is InChI=1S/C15H23ClF2N4O.HI/c1-4-22(3)8-7-20-15(19-2)21-10-11-9-12(16)5-6-13(11)23-14(17)18;/h5-6,9,14H,4,7-8,10H2,1-3H3,(H2,19,20,21);1H. The van der Waals surface area contributed by atoms with E-state index in [9.17, 15) is 8.78 Å². The predicted molar refractivity (Wildman–Crippen MR) is 105 cm³/mol. The molecule has 5 nitrogen and oxygen atoms in total. The minimum absolute atomic E-state index is 0. The van der Waals surface area contributed by atoms with Crippen LogP contribution in [0.3, 0.4) is 0 Å². The van der Waals surface area contributed by atoms with Crippen LogP contribution in [-0.4, -0.2) is 51.2 Å². The Kier molecular flexibility index (Phi) is 12.0. The lowest BCUT2D eigenvalue weighted by atomic mass is 10.2. The topological polar surface area (TPSA) is 48.9 Å². The summed E-state index contributed by atoms with van der Waals surface area (Å²) in [6.07, 6.45) is 0. The zero-order chi connectivity index (χ0) is 17.2. The van der Waals surface area contributed by atoms with E-state index < -0.39 is 6.61 Å². The van der Waals surface area contributed by atoms with Gasteiger partial charge in [0.15, 0.2) is 5.96 Å². The summed E-state index contributed by atoms with van der Waals surface area (Å²) >= 11 is 5.91. The number of nitrogens with one attached hydrogen (secondary N) is 2. The van der Waals surface area contributed by atoms with Crippen LogP contribution in [0.1, 0.15) is 12.5 Å². The molecule has 2 N–H and O–H groups in total. The molecule has 0 aliphatic heterocycles. The van der Waals surface area contributed by atoms with Crippen LogP contribution in [0.15, 0.2) is 23.2 Å². The lowest BCUT2D eigenvalue weighted by Gasteiger charge is -2.17. The zero-order valence-corrected chi connectivity index (χ0v) is 17.1. The molecule has 1 aromatic carbocycles. The van der Waals surface area contributed by atoms with Crippen LogP contribution in [0.5, 0.6) is 5.75 Å². The van der Waals surface area contributed by atoms with Gasteiger partial charge in [0.25, 0.3) is 0 Å². The molecule has 0 fully saturated rings. The van der Waals surface area contributed by atoms with Gasteiger partial charge in [-0.3, -0.25) is 4.99 Å². The van der Waals surface area contributed by atoms with Gasteiger partial charge in [0, 0.05) is 37.3 Å². The van der Waals surface area contributed by atoms with Gasteiger partial charge in [-0.1, -0.05) is 18.5 Å². The zero-order valence-electron chi connectivity index (χ0n) is 14.0. The number of rotatable bonds is 8. The molecule has 0 unspecified atom stereocenters. The number of guanidine groups is 1. The lowest BCUT2D eigenvalue weighted by Crippen LogP contribution is -2.40. The Hall–Kier alpha value is -0.870. The normalized spacial score (nSPS) is 11.4. The molecule has 1 rings (SSSR count). The van der Waals surface area contributed by atoms with Crippen molar-refractivity contribution in [3.05, 3.63) is 28.8 Å². The van der Waals surface area contributed by atoms with E-state index >= 15 is 0 Å². The number of nitrogens with zero attached hydrogens (tertiary/aromatic N) is 2. The molecule has 0 saturated heterocycles. The van der Waals surface area contributed by atoms with Crippen molar-refractivity contribution >= 4 is 41.5 Å². The lowest BCUT2D eigenvalue weighted by molar-refractivity contribution is -0.0504. The summed E-state index contributed by atoms with van der Waals surface area (Å²) < 4.78 is 29.3. The van der Waals surface area contributed by atoms with Crippen molar-refractivity contribution < 1.29 is 13.5 Å². The molecule has 0 bridgehead atoms. The average molecular weight is 477 g/mol. The van der Waals surface area contributed by atoms with E-state index in [1.807, 2.05) is 7.05 Å². The number of halogens is 4. The molecular weight excluding hydrogens is 453 g/mol. The van der Waals surface area contributed by atoms with Crippen LogP contribution in [0.2, 0.25) is 5.02 Å². The summed E-state index contributed by atoms with van der Waals surface area (Å²) in [5, 5.41) is 6.66. The molecule has 0 radical (unpaired) electrons. The minimum Gasteiger partial charge on any atom is -0.434 e. The molecule has 0 aliphatic carbocycles. The van der Waals surface area contributed by atoms with E-state index in [2.05, 4.69) is 32.2 Å². The first-order chi connectivity index (χ1) is 11.0.